The van der Waals surface area contributed by atoms with E-state index in [1.165, 1.54) is 17.2 Å². The Balaban J connectivity index is 1.46. The van der Waals surface area contributed by atoms with Crippen LogP contribution in [0.4, 0.5) is 10.2 Å². The van der Waals surface area contributed by atoms with Crippen molar-refractivity contribution in [3.63, 3.8) is 0 Å². The lowest BCUT2D eigenvalue weighted by atomic mass is 10.0. The summed E-state index contributed by atoms with van der Waals surface area (Å²) >= 11 is 0. The van der Waals surface area contributed by atoms with Gasteiger partial charge in [-0.3, -0.25) is 14.9 Å². The first-order valence-corrected chi connectivity index (χ1v) is 11.2. The number of benzene rings is 2. The quantitative estimate of drug-likeness (QED) is 0.427. The number of aromatic nitrogens is 3. The Bertz CT molecular complexity index is 1210. The third kappa shape index (κ3) is 4.99. The lowest BCUT2D eigenvalue weighted by Crippen LogP contribution is -2.36. The summed E-state index contributed by atoms with van der Waals surface area (Å²) in [6, 6.07) is 15.6. The molecular weight excluding hydrogens is 417 g/mol. The van der Waals surface area contributed by atoms with Crippen LogP contribution in [-0.2, 0) is 24.4 Å². The fraction of sp³-hybridized carbons (Fsp3) is 0.269. The van der Waals surface area contributed by atoms with E-state index in [0.29, 0.717) is 18.6 Å². The van der Waals surface area contributed by atoms with E-state index in [-0.39, 0.29) is 5.82 Å². The van der Waals surface area contributed by atoms with Gasteiger partial charge in [-0.25, -0.2) is 9.37 Å². The van der Waals surface area contributed by atoms with Gasteiger partial charge in [0.1, 0.15) is 17.2 Å². The minimum Gasteiger partial charge on any atom is -0.379 e. The van der Waals surface area contributed by atoms with Gasteiger partial charge in [-0.15, -0.1) is 0 Å². The average Bonchev–Trinajstić information content (AvgIpc) is 2.86. The van der Waals surface area contributed by atoms with Crippen LogP contribution in [0.1, 0.15) is 16.7 Å². The summed E-state index contributed by atoms with van der Waals surface area (Å²) < 4.78 is 19.8. The second-order valence-electron chi connectivity index (χ2n) is 8.18. The molecule has 168 valence electrons. The third-order valence-electron chi connectivity index (χ3n) is 6.02. The van der Waals surface area contributed by atoms with E-state index in [4.69, 9.17) is 4.74 Å². The van der Waals surface area contributed by atoms with Crippen LogP contribution in [0.5, 0.6) is 0 Å². The zero-order chi connectivity index (χ0) is 22.5. The Labute approximate surface area is 192 Å². The summed E-state index contributed by atoms with van der Waals surface area (Å²) in [5.41, 5.74) is 3.91. The van der Waals surface area contributed by atoms with E-state index in [2.05, 4.69) is 49.0 Å². The second kappa shape index (κ2) is 10.0. The van der Waals surface area contributed by atoms with Crippen molar-refractivity contribution in [2.75, 3.05) is 31.2 Å². The standard InChI is InChI=1S/C26H26FN5O/c27-24-7-3-6-23-22(8-9-30-26(23)24)19-32(25-16-28-10-11-29-25)18-21-5-2-1-4-20(21)17-31-12-14-33-15-13-31/h1-11,16H,12-15,17-19H2. The molecule has 4 aromatic rings. The molecular formula is C26H26FN5O. The highest BCUT2D eigenvalue weighted by atomic mass is 19.1. The van der Waals surface area contributed by atoms with Crippen molar-refractivity contribution in [1.29, 1.82) is 0 Å². The van der Waals surface area contributed by atoms with Gasteiger partial charge >= 0.3 is 0 Å². The van der Waals surface area contributed by atoms with E-state index >= 15 is 0 Å². The maximum absolute atomic E-state index is 14.3. The molecule has 1 fully saturated rings. The van der Waals surface area contributed by atoms with Crippen molar-refractivity contribution in [3.05, 3.63) is 95.8 Å². The van der Waals surface area contributed by atoms with Gasteiger partial charge in [-0.1, -0.05) is 36.4 Å². The van der Waals surface area contributed by atoms with Crippen molar-refractivity contribution in [2.24, 2.45) is 0 Å². The largest absolute Gasteiger partial charge is 0.379 e. The van der Waals surface area contributed by atoms with E-state index < -0.39 is 0 Å². The molecule has 0 radical (unpaired) electrons. The molecule has 1 aliphatic heterocycles. The van der Waals surface area contributed by atoms with Gasteiger partial charge in [0.2, 0.25) is 0 Å². The van der Waals surface area contributed by atoms with Crippen LogP contribution in [0.15, 0.2) is 73.3 Å². The van der Waals surface area contributed by atoms with Crippen LogP contribution in [0.3, 0.4) is 0 Å². The number of ether oxygens (including phenoxy) is 1. The molecule has 0 unspecified atom stereocenters. The number of anilines is 1. The SMILES string of the molecule is Fc1cccc2c(CN(Cc3ccccc3CN3CCOCC3)c3cnccn3)ccnc12. The Morgan fingerprint density at radius 2 is 1.67 bits per heavy atom. The number of para-hydroxylation sites is 1. The minimum atomic E-state index is -0.309. The number of rotatable bonds is 7. The van der Waals surface area contributed by atoms with Crippen LogP contribution in [0, 0.1) is 5.82 Å². The molecule has 3 heterocycles. The van der Waals surface area contributed by atoms with Gasteiger partial charge < -0.3 is 9.64 Å². The normalized spacial score (nSPS) is 14.5. The van der Waals surface area contributed by atoms with Crippen molar-refractivity contribution in [2.45, 2.75) is 19.6 Å². The Hall–Kier alpha value is -3.42. The molecule has 0 saturated carbocycles. The third-order valence-corrected chi connectivity index (χ3v) is 6.02. The maximum Gasteiger partial charge on any atom is 0.149 e. The molecule has 6 nitrogen and oxygen atoms in total. The molecule has 2 aromatic heterocycles. The molecule has 2 aromatic carbocycles. The van der Waals surface area contributed by atoms with Crippen molar-refractivity contribution >= 4 is 16.7 Å². The Morgan fingerprint density at radius 3 is 2.48 bits per heavy atom. The number of hydrogen-bond acceptors (Lipinski definition) is 6. The molecule has 33 heavy (non-hydrogen) atoms. The number of nitrogens with zero attached hydrogens (tertiary/aromatic N) is 5. The molecule has 0 bridgehead atoms. The van der Waals surface area contributed by atoms with E-state index in [1.807, 2.05) is 12.1 Å². The van der Waals surface area contributed by atoms with Crippen LogP contribution < -0.4 is 4.90 Å². The predicted octanol–water partition coefficient (Wildman–Crippen LogP) is 4.20. The first kappa shape index (κ1) is 21.4. The molecule has 0 N–H and O–H groups in total. The Morgan fingerprint density at radius 1 is 0.848 bits per heavy atom. The molecule has 1 saturated heterocycles. The molecule has 0 aliphatic carbocycles. The van der Waals surface area contributed by atoms with Gasteiger partial charge in [0, 0.05) is 56.7 Å². The smallest absolute Gasteiger partial charge is 0.149 e. The number of hydrogen-bond donors (Lipinski definition) is 0. The van der Waals surface area contributed by atoms with Gasteiger partial charge in [0.25, 0.3) is 0 Å². The molecule has 0 atom stereocenters. The lowest BCUT2D eigenvalue weighted by Gasteiger charge is -2.29. The lowest BCUT2D eigenvalue weighted by molar-refractivity contribution is 0.0341. The number of fused-ring (bicyclic) bond motifs is 1. The summed E-state index contributed by atoms with van der Waals surface area (Å²) in [6.45, 7) is 5.55. The average molecular weight is 444 g/mol. The fourth-order valence-electron chi connectivity index (χ4n) is 4.28. The maximum atomic E-state index is 14.3. The van der Waals surface area contributed by atoms with E-state index in [9.17, 15) is 4.39 Å². The van der Waals surface area contributed by atoms with Crippen LogP contribution in [-0.4, -0.2) is 46.2 Å². The first-order chi connectivity index (χ1) is 16.3. The highest BCUT2D eigenvalue weighted by molar-refractivity contribution is 5.82. The van der Waals surface area contributed by atoms with Gasteiger partial charge in [0.15, 0.2) is 0 Å². The summed E-state index contributed by atoms with van der Waals surface area (Å²) in [7, 11) is 0. The molecule has 0 amide bonds. The van der Waals surface area contributed by atoms with Crippen LogP contribution in [0.25, 0.3) is 10.9 Å². The zero-order valence-electron chi connectivity index (χ0n) is 18.4. The van der Waals surface area contributed by atoms with Gasteiger partial charge in [0.05, 0.1) is 19.4 Å². The molecule has 7 heteroatoms. The van der Waals surface area contributed by atoms with E-state index in [0.717, 1.165) is 49.6 Å². The highest BCUT2D eigenvalue weighted by Gasteiger charge is 2.17. The molecule has 1 aliphatic rings. The highest BCUT2D eigenvalue weighted by Crippen LogP contribution is 2.25. The number of morpholine rings is 1. The molecule has 0 spiro atoms. The zero-order valence-corrected chi connectivity index (χ0v) is 18.4. The predicted molar refractivity (Wildman–Crippen MR) is 126 cm³/mol. The van der Waals surface area contributed by atoms with Crippen molar-refractivity contribution < 1.29 is 9.13 Å². The summed E-state index contributed by atoms with van der Waals surface area (Å²) in [4.78, 5) is 17.7. The van der Waals surface area contributed by atoms with Gasteiger partial charge in [-0.05, 0) is 28.8 Å². The fourth-order valence-corrected chi connectivity index (χ4v) is 4.28. The summed E-state index contributed by atoms with van der Waals surface area (Å²) in [5, 5.41) is 0.813. The van der Waals surface area contributed by atoms with E-state index in [1.54, 1.807) is 30.9 Å². The minimum absolute atomic E-state index is 0.309. The second-order valence-corrected chi connectivity index (χ2v) is 8.18. The summed E-state index contributed by atoms with van der Waals surface area (Å²) in [5.74, 6) is 0.469. The molecule has 5 rings (SSSR count). The van der Waals surface area contributed by atoms with Gasteiger partial charge in [-0.2, -0.15) is 0 Å². The summed E-state index contributed by atoms with van der Waals surface area (Å²) in [6.07, 6.45) is 6.81. The van der Waals surface area contributed by atoms with Crippen molar-refractivity contribution in [1.82, 2.24) is 19.9 Å². The van der Waals surface area contributed by atoms with Crippen LogP contribution >= 0.6 is 0 Å². The number of halogens is 1. The van der Waals surface area contributed by atoms with Crippen molar-refractivity contribution in [3.8, 4) is 0 Å². The van der Waals surface area contributed by atoms with Crippen LogP contribution in [0.2, 0.25) is 0 Å². The Kier molecular flexibility index (Phi) is 6.51. The monoisotopic (exact) mass is 443 g/mol. The topological polar surface area (TPSA) is 54.4 Å². The number of pyridine rings is 1. The first-order valence-electron chi connectivity index (χ1n) is 11.2.